The first kappa shape index (κ1) is 10.6. The zero-order valence-electron chi connectivity index (χ0n) is 9.91. The van der Waals surface area contributed by atoms with Crippen LogP contribution in [0.3, 0.4) is 0 Å². The maximum atomic E-state index is 5.09. The molecule has 0 unspecified atom stereocenters. The zero-order valence-corrected chi connectivity index (χ0v) is 9.91. The van der Waals surface area contributed by atoms with E-state index in [4.69, 9.17) is 9.05 Å². The molecule has 3 aromatic rings. The van der Waals surface area contributed by atoms with E-state index in [2.05, 4.69) is 20.3 Å². The van der Waals surface area contributed by atoms with E-state index < -0.39 is 0 Å². The summed E-state index contributed by atoms with van der Waals surface area (Å²) in [7, 11) is 0. The summed E-state index contributed by atoms with van der Waals surface area (Å²) >= 11 is 0. The predicted octanol–water partition coefficient (Wildman–Crippen LogP) is 2.40. The lowest BCUT2D eigenvalue weighted by Crippen LogP contribution is -1.82. The fourth-order valence-corrected chi connectivity index (χ4v) is 1.51. The van der Waals surface area contributed by atoms with E-state index in [-0.39, 0.29) is 11.8 Å². The van der Waals surface area contributed by atoms with Crippen LogP contribution in [0.2, 0.25) is 0 Å². The Bertz CT molecular complexity index is 669. The highest BCUT2D eigenvalue weighted by atomic mass is 16.5. The van der Waals surface area contributed by atoms with Crippen LogP contribution in [0.1, 0.15) is 11.4 Å². The van der Waals surface area contributed by atoms with E-state index in [0.29, 0.717) is 11.6 Å². The highest BCUT2D eigenvalue weighted by Crippen LogP contribution is 2.21. The van der Waals surface area contributed by atoms with E-state index in [1.165, 1.54) is 5.56 Å². The minimum absolute atomic E-state index is 0.228. The van der Waals surface area contributed by atoms with E-state index >= 15 is 0 Å². The second-order valence-corrected chi connectivity index (χ2v) is 3.94. The normalized spacial score (nSPS) is 10.8. The number of rotatable bonds is 2. The summed E-state index contributed by atoms with van der Waals surface area (Å²) in [5, 5.41) is 7.56. The topological polar surface area (TPSA) is 77.8 Å². The molecule has 0 spiro atoms. The third kappa shape index (κ3) is 1.88. The van der Waals surface area contributed by atoms with Gasteiger partial charge in [-0.1, -0.05) is 40.1 Å². The first-order valence-corrected chi connectivity index (χ1v) is 5.44. The summed E-state index contributed by atoms with van der Waals surface area (Å²) < 4.78 is 10.1. The van der Waals surface area contributed by atoms with Crippen molar-refractivity contribution >= 4 is 0 Å². The Hall–Kier alpha value is -2.50. The Kier molecular flexibility index (Phi) is 2.40. The van der Waals surface area contributed by atoms with Crippen LogP contribution in [0, 0.1) is 13.8 Å². The molecule has 0 amide bonds. The van der Waals surface area contributed by atoms with Crippen molar-refractivity contribution in [2.45, 2.75) is 13.8 Å². The molecular formula is C12H10N4O2. The van der Waals surface area contributed by atoms with E-state index in [1.807, 2.05) is 31.2 Å². The van der Waals surface area contributed by atoms with Crippen LogP contribution < -0.4 is 0 Å². The lowest BCUT2D eigenvalue weighted by atomic mass is 10.1. The van der Waals surface area contributed by atoms with E-state index in [1.54, 1.807) is 6.92 Å². The van der Waals surface area contributed by atoms with Crippen molar-refractivity contribution in [1.29, 1.82) is 0 Å². The van der Waals surface area contributed by atoms with Gasteiger partial charge in [-0.25, -0.2) is 0 Å². The number of hydrogen-bond donors (Lipinski definition) is 0. The summed E-state index contributed by atoms with van der Waals surface area (Å²) in [5.74, 6) is 1.49. The molecule has 0 aliphatic carbocycles. The molecule has 0 saturated carbocycles. The third-order valence-electron chi connectivity index (χ3n) is 2.45. The Balaban J connectivity index is 1.96. The van der Waals surface area contributed by atoms with Gasteiger partial charge in [0.15, 0.2) is 5.82 Å². The summed E-state index contributed by atoms with van der Waals surface area (Å²) in [6, 6.07) is 7.84. The third-order valence-corrected chi connectivity index (χ3v) is 2.45. The smallest absolute Gasteiger partial charge is 0.316 e. The van der Waals surface area contributed by atoms with Crippen molar-refractivity contribution in [3.8, 4) is 23.2 Å². The highest BCUT2D eigenvalue weighted by molar-refractivity contribution is 5.56. The molecule has 1 aromatic carbocycles. The van der Waals surface area contributed by atoms with Crippen LogP contribution in [-0.2, 0) is 0 Å². The van der Waals surface area contributed by atoms with Gasteiger partial charge in [0.05, 0.1) is 0 Å². The van der Waals surface area contributed by atoms with Gasteiger partial charge in [-0.15, -0.1) is 0 Å². The van der Waals surface area contributed by atoms with Gasteiger partial charge in [0.1, 0.15) is 0 Å². The minimum Gasteiger partial charge on any atom is -0.329 e. The lowest BCUT2D eigenvalue weighted by molar-refractivity contribution is 0.381. The van der Waals surface area contributed by atoms with Crippen molar-refractivity contribution in [2.75, 3.05) is 0 Å². The minimum atomic E-state index is 0.228. The Morgan fingerprint density at radius 3 is 2.17 bits per heavy atom. The van der Waals surface area contributed by atoms with Crippen LogP contribution in [-0.4, -0.2) is 20.3 Å². The Labute approximate surface area is 103 Å². The van der Waals surface area contributed by atoms with Crippen molar-refractivity contribution in [2.24, 2.45) is 0 Å². The standard InChI is InChI=1S/C12H10N4O2/c1-7-3-5-9(6-4-7)10-14-12(18-16-10)11-13-8(2)15-17-11/h3-6H,1-2H3. The number of nitrogens with zero attached hydrogens (tertiary/aromatic N) is 4. The largest absolute Gasteiger partial charge is 0.329 e. The van der Waals surface area contributed by atoms with Crippen LogP contribution in [0.25, 0.3) is 23.2 Å². The molecule has 0 bridgehead atoms. The van der Waals surface area contributed by atoms with E-state index in [9.17, 15) is 0 Å². The Morgan fingerprint density at radius 2 is 1.50 bits per heavy atom. The van der Waals surface area contributed by atoms with Gasteiger partial charge >= 0.3 is 11.8 Å². The van der Waals surface area contributed by atoms with Gasteiger partial charge in [-0.05, 0) is 13.8 Å². The Morgan fingerprint density at radius 1 is 0.833 bits per heavy atom. The second-order valence-electron chi connectivity index (χ2n) is 3.94. The molecule has 2 aromatic heterocycles. The molecule has 2 heterocycles. The van der Waals surface area contributed by atoms with Crippen LogP contribution in [0.4, 0.5) is 0 Å². The van der Waals surface area contributed by atoms with Gasteiger partial charge < -0.3 is 9.05 Å². The van der Waals surface area contributed by atoms with Gasteiger partial charge in [0.2, 0.25) is 5.82 Å². The summed E-state index contributed by atoms with van der Waals surface area (Å²) in [5.41, 5.74) is 2.06. The highest BCUT2D eigenvalue weighted by Gasteiger charge is 2.15. The monoisotopic (exact) mass is 242 g/mol. The van der Waals surface area contributed by atoms with Gasteiger partial charge in [0.25, 0.3) is 0 Å². The van der Waals surface area contributed by atoms with Crippen LogP contribution in [0.15, 0.2) is 33.3 Å². The molecule has 0 radical (unpaired) electrons. The fourth-order valence-electron chi connectivity index (χ4n) is 1.51. The SMILES string of the molecule is Cc1ccc(-c2noc(-c3nc(C)no3)n2)cc1. The fraction of sp³-hybridized carbons (Fsp3) is 0.167. The van der Waals surface area contributed by atoms with Crippen molar-refractivity contribution in [3.05, 3.63) is 35.7 Å². The molecule has 3 rings (SSSR count). The molecule has 6 nitrogen and oxygen atoms in total. The average Bonchev–Trinajstić information content (AvgIpc) is 2.98. The molecule has 0 saturated heterocycles. The molecule has 6 heteroatoms. The maximum absolute atomic E-state index is 5.09. The average molecular weight is 242 g/mol. The summed E-state index contributed by atoms with van der Waals surface area (Å²) in [4.78, 5) is 8.25. The number of aryl methyl sites for hydroxylation is 2. The first-order chi connectivity index (χ1) is 8.72. The van der Waals surface area contributed by atoms with Crippen LogP contribution in [0.5, 0.6) is 0 Å². The predicted molar refractivity (Wildman–Crippen MR) is 62.5 cm³/mol. The van der Waals surface area contributed by atoms with Gasteiger partial charge in [-0.2, -0.15) is 9.97 Å². The summed E-state index contributed by atoms with van der Waals surface area (Å²) in [6.45, 7) is 3.75. The van der Waals surface area contributed by atoms with Gasteiger partial charge in [-0.3, -0.25) is 0 Å². The molecule has 0 atom stereocenters. The second kappa shape index (κ2) is 4.06. The maximum Gasteiger partial charge on any atom is 0.316 e. The number of hydrogen-bond acceptors (Lipinski definition) is 6. The van der Waals surface area contributed by atoms with E-state index in [0.717, 1.165) is 5.56 Å². The van der Waals surface area contributed by atoms with Crippen molar-refractivity contribution in [1.82, 2.24) is 20.3 Å². The van der Waals surface area contributed by atoms with Crippen molar-refractivity contribution < 1.29 is 9.05 Å². The molecule has 0 fully saturated rings. The number of aromatic nitrogens is 4. The molecule has 90 valence electrons. The van der Waals surface area contributed by atoms with Crippen LogP contribution >= 0.6 is 0 Å². The number of benzene rings is 1. The molecule has 0 aliphatic rings. The molecule has 0 aliphatic heterocycles. The summed E-state index contributed by atoms with van der Waals surface area (Å²) in [6.07, 6.45) is 0. The van der Waals surface area contributed by atoms with Gasteiger partial charge in [0, 0.05) is 5.56 Å². The zero-order chi connectivity index (χ0) is 12.5. The first-order valence-electron chi connectivity index (χ1n) is 5.44. The molecule has 18 heavy (non-hydrogen) atoms. The lowest BCUT2D eigenvalue weighted by Gasteiger charge is -1.93. The quantitative estimate of drug-likeness (QED) is 0.686. The van der Waals surface area contributed by atoms with Crippen molar-refractivity contribution in [3.63, 3.8) is 0 Å². The molecule has 0 N–H and O–H groups in total. The molecular weight excluding hydrogens is 232 g/mol.